The molecule has 0 fully saturated rings. The van der Waals surface area contributed by atoms with Gasteiger partial charge in [0.05, 0.1) is 5.69 Å². The average Bonchev–Trinajstić information content (AvgIpc) is 3.12. The lowest BCUT2D eigenvalue weighted by molar-refractivity contribution is -0.116. The fraction of sp³-hybridized carbons (Fsp3) is 0.105. The molecule has 2 N–H and O–H groups in total. The van der Waals surface area contributed by atoms with E-state index in [0.717, 1.165) is 22.9 Å². The molecule has 0 atom stereocenters. The maximum atomic E-state index is 14.3. The number of carbonyl (C=O) groups excluding carboxylic acids is 2. The number of anilines is 2. The van der Waals surface area contributed by atoms with Crippen LogP contribution in [0.2, 0.25) is 0 Å². The van der Waals surface area contributed by atoms with Crippen LogP contribution in [0.4, 0.5) is 24.5 Å². The molecule has 2 heterocycles. The molecular formula is C19H13F3N4O2. The molecular weight excluding hydrogens is 373 g/mol. The highest BCUT2D eigenvalue weighted by atomic mass is 19.1. The predicted molar refractivity (Wildman–Crippen MR) is 94.8 cm³/mol. The SMILES string of the molecule is O=C1CCc2cc(NC(=O)c3ccn(-c4c(F)cccc4F)n3)c(F)cc2N1. The van der Waals surface area contributed by atoms with Gasteiger partial charge in [-0.15, -0.1) is 0 Å². The van der Waals surface area contributed by atoms with Crippen LogP contribution in [0.5, 0.6) is 0 Å². The summed E-state index contributed by atoms with van der Waals surface area (Å²) in [5, 5.41) is 8.83. The topological polar surface area (TPSA) is 76.0 Å². The van der Waals surface area contributed by atoms with Crippen molar-refractivity contribution < 1.29 is 22.8 Å². The van der Waals surface area contributed by atoms with Crippen molar-refractivity contribution in [3.63, 3.8) is 0 Å². The van der Waals surface area contributed by atoms with Crippen molar-refractivity contribution in [3.8, 4) is 5.69 Å². The lowest BCUT2D eigenvalue weighted by atomic mass is 10.0. The van der Waals surface area contributed by atoms with E-state index in [4.69, 9.17) is 0 Å². The summed E-state index contributed by atoms with van der Waals surface area (Å²) < 4.78 is 42.9. The maximum Gasteiger partial charge on any atom is 0.276 e. The first-order chi connectivity index (χ1) is 13.4. The quantitative estimate of drug-likeness (QED) is 0.724. The first-order valence-corrected chi connectivity index (χ1v) is 8.36. The number of carbonyl (C=O) groups is 2. The number of benzene rings is 2. The van der Waals surface area contributed by atoms with Crippen LogP contribution in [0.15, 0.2) is 42.6 Å². The van der Waals surface area contributed by atoms with Gasteiger partial charge in [-0.2, -0.15) is 5.10 Å². The molecule has 0 saturated carbocycles. The van der Waals surface area contributed by atoms with Crippen molar-refractivity contribution in [3.05, 3.63) is 71.3 Å². The van der Waals surface area contributed by atoms with E-state index in [2.05, 4.69) is 15.7 Å². The minimum absolute atomic E-state index is 0.0773. The molecule has 142 valence electrons. The molecule has 2 aromatic carbocycles. The molecule has 2 amide bonds. The summed E-state index contributed by atoms with van der Waals surface area (Å²) in [6, 6.07) is 7.19. The normalized spacial score (nSPS) is 13.0. The standard InChI is InChI=1S/C19H13F3N4O2/c20-11-2-1-3-12(21)18(11)26-7-6-14(25-26)19(28)24-16-8-10-4-5-17(27)23-15(10)9-13(16)22/h1-3,6-9H,4-5H2,(H,23,27)(H,24,28). The Morgan fingerprint density at radius 3 is 2.57 bits per heavy atom. The second-order valence-electron chi connectivity index (χ2n) is 6.21. The number of hydrogen-bond donors (Lipinski definition) is 2. The van der Waals surface area contributed by atoms with E-state index in [1.54, 1.807) is 0 Å². The van der Waals surface area contributed by atoms with Gasteiger partial charge in [0, 0.05) is 18.3 Å². The third kappa shape index (κ3) is 3.22. The molecule has 6 nitrogen and oxygen atoms in total. The fourth-order valence-corrected chi connectivity index (χ4v) is 2.96. The molecule has 1 aromatic heterocycles. The number of nitrogens with zero attached hydrogens (tertiary/aromatic N) is 2. The summed E-state index contributed by atoms with van der Waals surface area (Å²) in [7, 11) is 0. The van der Waals surface area contributed by atoms with Gasteiger partial charge >= 0.3 is 0 Å². The third-order valence-electron chi connectivity index (χ3n) is 4.32. The molecule has 4 rings (SSSR count). The predicted octanol–water partition coefficient (Wildman–Crippen LogP) is 3.43. The Balaban J connectivity index is 1.59. The average molecular weight is 386 g/mol. The Kier molecular flexibility index (Phi) is 4.34. The van der Waals surface area contributed by atoms with Gasteiger partial charge in [0.2, 0.25) is 5.91 Å². The van der Waals surface area contributed by atoms with Gasteiger partial charge in [0.15, 0.2) is 17.3 Å². The zero-order chi connectivity index (χ0) is 19.8. The monoisotopic (exact) mass is 386 g/mol. The molecule has 0 unspecified atom stereocenters. The minimum Gasteiger partial charge on any atom is -0.326 e. The van der Waals surface area contributed by atoms with Gasteiger partial charge in [-0.1, -0.05) is 6.07 Å². The van der Waals surface area contributed by atoms with Crippen molar-refractivity contribution >= 4 is 23.2 Å². The van der Waals surface area contributed by atoms with Gasteiger partial charge in [0.25, 0.3) is 5.91 Å². The van der Waals surface area contributed by atoms with Crippen LogP contribution in [0.25, 0.3) is 5.69 Å². The van der Waals surface area contributed by atoms with Crippen molar-refractivity contribution in [2.45, 2.75) is 12.8 Å². The molecule has 0 radical (unpaired) electrons. The van der Waals surface area contributed by atoms with Crippen LogP contribution in [-0.4, -0.2) is 21.6 Å². The summed E-state index contributed by atoms with van der Waals surface area (Å²) in [4.78, 5) is 23.8. The van der Waals surface area contributed by atoms with Crippen LogP contribution in [0, 0.1) is 17.5 Å². The zero-order valence-corrected chi connectivity index (χ0v) is 14.3. The highest BCUT2D eigenvalue weighted by Crippen LogP contribution is 2.28. The Bertz CT molecular complexity index is 1090. The molecule has 0 aliphatic carbocycles. The molecule has 9 heteroatoms. The van der Waals surface area contributed by atoms with Crippen molar-refractivity contribution in [2.75, 3.05) is 10.6 Å². The highest BCUT2D eigenvalue weighted by molar-refractivity contribution is 6.03. The second-order valence-corrected chi connectivity index (χ2v) is 6.21. The number of amides is 2. The fourth-order valence-electron chi connectivity index (χ4n) is 2.96. The number of rotatable bonds is 3. The van der Waals surface area contributed by atoms with Gasteiger partial charge in [-0.05, 0) is 42.3 Å². The number of fused-ring (bicyclic) bond motifs is 1. The molecule has 0 spiro atoms. The molecule has 3 aromatic rings. The van der Waals surface area contributed by atoms with Crippen LogP contribution < -0.4 is 10.6 Å². The molecule has 1 aliphatic heterocycles. The minimum atomic E-state index is -0.835. The molecule has 0 saturated heterocycles. The Morgan fingerprint density at radius 2 is 1.82 bits per heavy atom. The molecule has 1 aliphatic rings. The largest absolute Gasteiger partial charge is 0.326 e. The van der Waals surface area contributed by atoms with Crippen LogP contribution in [0.1, 0.15) is 22.5 Å². The van der Waals surface area contributed by atoms with Crippen LogP contribution >= 0.6 is 0 Å². The van der Waals surface area contributed by atoms with Crippen LogP contribution in [0.3, 0.4) is 0 Å². The van der Waals surface area contributed by atoms with E-state index in [1.165, 1.54) is 24.4 Å². The van der Waals surface area contributed by atoms with Gasteiger partial charge < -0.3 is 10.6 Å². The van der Waals surface area contributed by atoms with Crippen molar-refractivity contribution in [2.24, 2.45) is 0 Å². The number of halogens is 3. The lowest BCUT2D eigenvalue weighted by Gasteiger charge is -2.18. The number of aryl methyl sites for hydroxylation is 1. The van der Waals surface area contributed by atoms with E-state index >= 15 is 0 Å². The van der Waals surface area contributed by atoms with E-state index < -0.39 is 29.0 Å². The van der Waals surface area contributed by atoms with E-state index in [1.807, 2.05) is 0 Å². The second kappa shape index (κ2) is 6.84. The summed E-state index contributed by atoms with van der Waals surface area (Å²) >= 11 is 0. The summed E-state index contributed by atoms with van der Waals surface area (Å²) in [5.74, 6) is -3.34. The Hall–Kier alpha value is -3.62. The maximum absolute atomic E-state index is 14.3. The Labute approximate surface area is 157 Å². The Morgan fingerprint density at radius 1 is 1.07 bits per heavy atom. The first-order valence-electron chi connectivity index (χ1n) is 8.36. The van der Waals surface area contributed by atoms with E-state index in [0.29, 0.717) is 17.7 Å². The number of hydrogen-bond acceptors (Lipinski definition) is 3. The zero-order valence-electron chi connectivity index (χ0n) is 14.3. The van der Waals surface area contributed by atoms with Gasteiger partial charge in [0.1, 0.15) is 11.5 Å². The number of nitrogens with one attached hydrogen (secondary N) is 2. The third-order valence-corrected chi connectivity index (χ3v) is 4.32. The smallest absolute Gasteiger partial charge is 0.276 e. The van der Waals surface area contributed by atoms with Gasteiger partial charge in [-0.25, -0.2) is 17.9 Å². The lowest BCUT2D eigenvalue weighted by Crippen LogP contribution is -2.20. The summed E-state index contributed by atoms with van der Waals surface area (Å²) in [5.41, 5.74) is 0.415. The van der Waals surface area contributed by atoms with Crippen LogP contribution in [-0.2, 0) is 11.2 Å². The molecule has 28 heavy (non-hydrogen) atoms. The van der Waals surface area contributed by atoms with Crippen molar-refractivity contribution in [1.82, 2.24) is 9.78 Å². The summed E-state index contributed by atoms with van der Waals surface area (Å²) in [6.45, 7) is 0. The first kappa shape index (κ1) is 17.8. The summed E-state index contributed by atoms with van der Waals surface area (Å²) in [6.07, 6.45) is 1.92. The number of aromatic nitrogens is 2. The van der Waals surface area contributed by atoms with E-state index in [9.17, 15) is 22.8 Å². The number of para-hydroxylation sites is 1. The highest BCUT2D eigenvalue weighted by Gasteiger charge is 2.20. The van der Waals surface area contributed by atoms with Gasteiger partial charge in [-0.3, -0.25) is 9.59 Å². The molecule has 0 bridgehead atoms. The van der Waals surface area contributed by atoms with E-state index in [-0.39, 0.29) is 23.7 Å². The van der Waals surface area contributed by atoms with Crippen molar-refractivity contribution in [1.29, 1.82) is 0 Å².